The van der Waals surface area contributed by atoms with E-state index in [1.165, 1.54) is 0 Å². The van der Waals surface area contributed by atoms with Crippen LogP contribution in [0.25, 0.3) is 0 Å². The maximum absolute atomic E-state index is 11.8. The zero-order valence-electron chi connectivity index (χ0n) is 13.7. The SMILES string of the molecule is Cc1cccc(OC(=O)CCCOc2cc(C)c(Cl)c(C)c2)c1. The lowest BCUT2D eigenvalue weighted by Crippen LogP contribution is -2.10. The third-order valence-corrected chi connectivity index (χ3v) is 4.02. The Morgan fingerprint density at radius 1 is 1.04 bits per heavy atom. The number of esters is 1. The summed E-state index contributed by atoms with van der Waals surface area (Å²) in [6.07, 6.45) is 0.921. The molecule has 0 amide bonds. The van der Waals surface area contributed by atoms with Crippen molar-refractivity contribution in [3.63, 3.8) is 0 Å². The molecule has 2 aromatic rings. The molecule has 0 bridgehead atoms. The highest BCUT2D eigenvalue weighted by Crippen LogP contribution is 2.26. The lowest BCUT2D eigenvalue weighted by atomic mass is 10.1. The van der Waals surface area contributed by atoms with E-state index in [1.54, 1.807) is 6.07 Å². The largest absolute Gasteiger partial charge is 0.494 e. The molecule has 0 saturated carbocycles. The maximum atomic E-state index is 11.8. The minimum absolute atomic E-state index is 0.248. The average molecular weight is 333 g/mol. The highest BCUT2D eigenvalue weighted by Gasteiger charge is 2.07. The van der Waals surface area contributed by atoms with Crippen molar-refractivity contribution in [2.45, 2.75) is 33.6 Å². The summed E-state index contributed by atoms with van der Waals surface area (Å²) in [7, 11) is 0. The number of rotatable bonds is 6. The minimum atomic E-state index is -0.248. The molecule has 0 fully saturated rings. The number of ether oxygens (including phenoxy) is 2. The number of carbonyl (C=O) groups excluding carboxylic acids is 1. The van der Waals surface area contributed by atoms with Gasteiger partial charge < -0.3 is 9.47 Å². The van der Waals surface area contributed by atoms with Crippen molar-refractivity contribution in [3.8, 4) is 11.5 Å². The number of aryl methyl sites for hydroxylation is 3. The molecule has 122 valence electrons. The second-order valence-corrected chi connectivity index (χ2v) is 5.99. The number of halogens is 1. The van der Waals surface area contributed by atoms with Crippen LogP contribution in [0.2, 0.25) is 5.02 Å². The predicted octanol–water partition coefficient (Wildman–Crippen LogP) is 5.03. The van der Waals surface area contributed by atoms with Crippen LogP contribution in [0.3, 0.4) is 0 Å². The van der Waals surface area contributed by atoms with Crippen LogP contribution >= 0.6 is 11.6 Å². The van der Waals surface area contributed by atoms with E-state index < -0.39 is 0 Å². The molecule has 0 saturated heterocycles. The molecule has 0 aliphatic heterocycles. The minimum Gasteiger partial charge on any atom is -0.494 e. The second-order valence-electron chi connectivity index (χ2n) is 5.61. The van der Waals surface area contributed by atoms with Crippen molar-refractivity contribution >= 4 is 17.6 Å². The first-order chi connectivity index (χ1) is 11.0. The maximum Gasteiger partial charge on any atom is 0.311 e. The fourth-order valence-corrected chi connectivity index (χ4v) is 2.37. The Kier molecular flexibility index (Phi) is 6.05. The molecule has 2 aromatic carbocycles. The Morgan fingerprint density at radius 2 is 1.74 bits per heavy atom. The Hall–Kier alpha value is -2.00. The molecular formula is C19H21ClO3. The monoisotopic (exact) mass is 332 g/mol. The first-order valence-corrected chi connectivity index (χ1v) is 8.00. The summed E-state index contributed by atoms with van der Waals surface area (Å²) in [5, 5.41) is 0.763. The van der Waals surface area contributed by atoms with Gasteiger partial charge in [0.05, 0.1) is 6.61 Å². The number of carbonyl (C=O) groups is 1. The molecule has 0 aromatic heterocycles. The van der Waals surface area contributed by atoms with E-state index in [-0.39, 0.29) is 5.97 Å². The van der Waals surface area contributed by atoms with Crippen molar-refractivity contribution in [1.82, 2.24) is 0 Å². The van der Waals surface area contributed by atoms with Crippen molar-refractivity contribution < 1.29 is 14.3 Å². The number of hydrogen-bond donors (Lipinski definition) is 0. The van der Waals surface area contributed by atoms with Crippen LogP contribution in [-0.2, 0) is 4.79 Å². The molecule has 0 radical (unpaired) electrons. The van der Waals surface area contributed by atoms with Crippen molar-refractivity contribution in [2.24, 2.45) is 0 Å². The molecule has 4 heteroatoms. The Morgan fingerprint density at radius 3 is 2.39 bits per heavy atom. The molecule has 3 nitrogen and oxygen atoms in total. The number of benzene rings is 2. The third-order valence-electron chi connectivity index (χ3n) is 3.43. The van der Waals surface area contributed by atoms with E-state index in [2.05, 4.69) is 0 Å². The van der Waals surface area contributed by atoms with E-state index in [0.29, 0.717) is 25.2 Å². The van der Waals surface area contributed by atoms with Gasteiger partial charge in [-0.1, -0.05) is 23.7 Å². The summed E-state index contributed by atoms with van der Waals surface area (Å²) in [5.74, 6) is 1.11. The van der Waals surface area contributed by atoms with Gasteiger partial charge >= 0.3 is 5.97 Å². The highest BCUT2D eigenvalue weighted by molar-refractivity contribution is 6.32. The second kappa shape index (κ2) is 8.02. The van der Waals surface area contributed by atoms with Crippen molar-refractivity contribution in [1.29, 1.82) is 0 Å². The molecule has 0 heterocycles. The lowest BCUT2D eigenvalue weighted by molar-refractivity contribution is -0.134. The van der Waals surface area contributed by atoms with Gasteiger partial charge in [-0.2, -0.15) is 0 Å². The molecule has 0 atom stereocenters. The molecule has 0 unspecified atom stereocenters. The van der Waals surface area contributed by atoms with E-state index in [0.717, 1.165) is 27.5 Å². The van der Waals surface area contributed by atoms with Crippen LogP contribution in [0.4, 0.5) is 0 Å². The molecule has 0 aliphatic carbocycles. The normalized spacial score (nSPS) is 10.4. The van der Waals surface area contributed by atoms with Gasteiger partial charge in [-0.25, -0.2) is 0 Å². The first-order valence-electron chi connectivity index (χ1n) is 7.62. The summed E-state index contributed by atoms with van der Waals surface area (Å²) in [6, 6.07) is 11.3. The lowest BCUT2D eigenvalue weighted by Gasteiger charge is -2.10. The van der Waals surface area contributed by atoms with Crippen molar-refractivity contribution in [3.05, 3.63) is 58.1 Å². The Balaban J connectivity index is 1.76. The third kappa shape index (κ3) is 5.29. The molecule has 0 aliphatic rings. The fraction of sp³-hybridized carbons (Fsp3) is 0.316. The van der Waals surface area contributed by atoms with E-state index >= 15 is 0 Å². The summed E-state index contributed by atoms with van der Waals surface area (Å²) in [5.41, 5.74) is 3.04. The Labute approximate surface area is 142 Å². The summed E-state index contributed by atoms with van der Waals surface area (Å²) >= 11 is 6.12. The average Bonchev–Trinajstić information content (AvgIpc) is 2.49. The van der Waals surface area contributed by atoms with Gasteiger partial charge in [0.25, 0.3) is 0 Å². The van der Waals surface area contributed by atoms with Crippen LogP contribution in [0.1, 0.15) is 29.5 Å². The first kappa shape index (κ1) is 17.4. The van der Waals surface area contributed by atoms with Gasteiger partial charge in [-0.3, -0.25) is 4.79 Å². The van der Waals surface area contributed by atoms with Gasteiger partial charge in [-0.05, 0) is 68.1 Å². The smallest absolute Gasteiger partial charge is 0.311 e. The summed E-state index contributed by atoms with van der Waals surface area (Å²) in [6.45, 7) is 6.31. The number of hydrogen-bond acceptors (Lipinski definition) is 3. The highest BCUT2D eigenvalue weighted by atomic mass is 35.5. The van der Waals surface area contributed by atoms with Crippen LogP contribution < -0.4 is 9.47 Å². The topological polar surface area (TPSA) is 35.5 Å². The molecular weight excluding hydrogens is 312 g/mol. The molecule has 23 heavy (non-hydrogen) atoms. The van der Waals surface area contributed by atoms with Crippen LogP contribution in [0, 0.1) is 20.8 Å². The Bertz CT molecular complexity index is 672. The van der Waals surface area contributed by atoms with Gasteiger partial charge in [0, 0.05) is 11.4 Å². The molecule has 0 N–H and O–H groups in total. The van der Waals surface area contributed by atoms with Gasteiger partial charge in [0.15, 0.2) is 0 Å². The fourth-order valence-electron chi connectivity index (χ4n) is 2.26. The van der Waals surface area contributed by atoms with Gasteiger partial charge in [0.1, 0.15) is 11.5 Å². The van der Waals surface area contributed by atoms with Crippen LogP contribution in [0.15, 0.2) is 36.4 Å². The van der Waals surface area contributed by atoms with Crippen LogP contribution in [-0.4, -0.2) is 12.6 Å². The van der Waals surface area contributed by atoms with Gasteiger partial charge in [0.2, 0.25) is 0 Å². The standard InChI is InChI=1S/C19H21ClO3/c1-13-6-4-7-16(10-13)23-18(21)8-5-9-22-17-11-14(2)19(20)15(3)12-17/h4,6-7,10-12H,5,8-9H2,1-3H3. The zero-order valence-corrected chi connectivity index (χ0v) is 14.4. The quantitative estimate of drug-likeness (QED) is 0.423. The van der Waals surface area contributed by atoms with Crippen LogP contribution in [0.5, 0.6) is 11.5 Å². The zero-order chi connectivity index (χ0) is 16.8. The summed E-state index contributed by atoms with van der Waals surface area (Å²) < 4.78 is 11.0. The van der Waals surface area contributed by atoms with Crippen molar-refractivity contribution in [2.75, 3.05) is 6.61 Å². The summed E-state index contributed by atoms with van der Waals surface area (Å²) in [4.78, 5) is 11.8. The van der Waals surface area contributed by atoms with E-state index in [1.807, 2.05) is 51.1 Å². The van der Waals surface area contributed by atoms with E-state index in [9.17, 15) is 4.79 Å². The predicted molar refractivity (Wildman–Crippen MR) is 92.5 cm³/mol. The molecule has 0 spiro atoms. The van der Waals surface area contributed by atoms with Gasteiger partial charge in [-0.15, -0.1) is 0 Å². The van der Waals surface area contributed by atoms with E-state index in [4.69, 9.17) is 21.1 Å². The molecule has 2 rings (SSSR count).